The fourth-order valence-corrected chi connectivity index (χ4v) is 2.88. The van der Waals surface area contributed by atoms with Crippen LogP contribution >= 0.6 is 28.1 Å². The number of carbonyl (C=O) groups is 1. The molecule has 1 aliphatic rings. The summed E-state index contributed by atoms with van der Waals surface area (Å²) < 4.78 is 11.1. The minimum atomic E-state index is -0.363. The molecule has 2 aromatic carbocycles. The van der Waals surface area contributed by atoms with Gasteiger partial charge in [0.25, 0.3) is 5.17 Å². The van der Waals surface area contributed by atoms with Crippen LogP contribution in [0.2, 0.25) is 0 Å². The highest BCUT2D eigenvalue weighted by atomic mass is 79.9. The summed E-state index contributed by atoms with van der Waals surface area (Å²) in [5, 5.41) is 9.59. The Balaban J connectivity index is 1.93. The predicted molar refractivity (Wildman–Crippen MR) is 97.9 cm³/mol. The molecule has 0 saturated carbocycles. The van der Waals surface area contributed by atoms with E-state index in [4.69, 9.17) is 21.7 Å². The molecule has 5 nitrogen and oxygen atoms in total. The topological polar surface area (TPSA) is 59.0 Å². The summed E-state index contributed by atoms with van der Waals surface area (Å²) in [5.41, 5.74) is 1.26. The molecule has 3 rings (SSSR count). The van der Waals surface area contributed by atoms with Crippen molar-refractivity contribution < 1.29 is 19.4 Å². The first-order valence-electron chi connectivity index (χ1n) is 6.90. The van der Waals surface area contributed by atoms with Crippen molar-refractivity contribution in [2.45, 2.75) is 0 Å². The average Bonchev–Trinajstić information content (AvgIpc) is 2.85. The highest BCUT2D eigenvalue weighted by molar-refractivity contribution is 9.10. The molecule has 1 saturated heterocycles. The van der Waals surface area contributed by atoms with Gasteiger partial charge >= 0.3 is 5.91 Å². The van der Waals surface area contributed by atoms with E-state index in [1.807, 2.05) is 0 Å². The van der Waals surface area contributed by atoms with Crippen molar-refractivity contribution in [1.29, 1.82) is 0 Å². The van der Waals surface area contributed by atoms with Gasteiger partial charge in [-0.05, 0) is 64.1 Å². The predicted octanol–water partition coefficient (Wildman–Crippen LogP) is 3.85. The largest absolute Gasteiger partial charge is 0.507 e. The molecule has 1 amide bonds. The number of anilines is 1. The summed E-state index contributed by atoms with van der Waals surface area (Å²) in [7, 11) is 1.55. The van der Waals surface area contributed by atoms with E-state index in [1.165, 1.54) is 11.0 Å². The van der Waals surface area contributed by atoms with Crippen molar-refractivity contribution in [2.75, 3.05) is 12.0 Å². The second-order valence-corrected chi connectivity index (χ2v) is 6.13. The third kappa shape index (κ3) is 3.13. The maximum Gasteiger partial charge on any atom is 0.301 e. The molecule has 0 aromatic heterocycles. The molecule has 122 valence electrons. The number of amides is 1. The van der Waals surface area contributed by atoms with E-state index < -0.39 is 0 Å². The molecular weight excluding hydrogens is 394 g/mol. The van der Waals surface area contributed by atoms with Crippen LogP contribution in [-0.2, 0) is 9.53 Å². The second kappa shape index (κ2) is 6.62. The van der Waals surface area contributed by atoms with Crippen LogP contribution < -0.4 is 9.64 Å². The maximum atomic E-state index is 12.6. The van der Waals surface area contributed by atoms with Crippen molar-refractivity contribution in [3.63, 3.8) is 0 Å². The number of phenolic OH excluding ortho intramolecular Hbond substituents is 1. The highest BCUT2D eigenvalue weighted by Gasteiger charge is 2.34. The van der Waals surface area contributed by atoms with E-state index in [2.05, 4.69) is 15.9 Å². The van der Waals surface area contributed by atoms with Crippen LogP contribution in [0.25, 0.3) is 6.08 Å². The van der Waals surface area contributed by atoms with E-state index in [9.17, 15) is 9.90 Å². The lowest BCUT2D eigenvalue weighted by molar-refractivity contribution is -0.114. The summed E-state index contributed by atoms with van der Waals surface area (Å²) in [4.78, 5) is 13.9. The normalized spacial score (nSPS) is 15.8. The highest BCUT2D eigenvalue weighted by Crippen LogP contribution is 2.30. The first-order chi connectivity index (χ1) is 11.5. The van der Waals surface area contributed by atoms with Crippen LogP contribution in [0.1, 0.15) is 5.56 Å². The van der Waals surface area contributed by atoms with Gasteiger partial charge in [0.2, 0.25) is 0 Å². The lowest BCUT2D eigenvalue weighted by atomic mass is 10.2. The van der Waals surface area contributed by atoms with Gasteiger partial charge in [-0.3, -0.25) is 4.79 Å². The summed E-state index contributed by atoms with van der Waals surface area (Å²) >= 11 is 8.40. The number of nitrogens with zero attached hydrogens (tertiary/aromatic N) is 1. The Hall–Kier alpha value is -2.38. The van der Waals surface area contributed by atoms with E-state index in [0.717, 1.165) is 0 Å². The van der Waals surface area contributed by atoms with Crippen molar-refractivity contribution in [3.05, 3.63) is 58.3 Å². The second-order valence-electron chi connectivity index (χ2n) is 4.93. The van der Waals surface area contributed by atoms with E-state index in [0.29, 0.717) is 21.5 Å². The number of ether oxygens (including phenoxy) is 2. The van der Waals surface area contributed by atoms with Gasteiger partial charge in [0.15, 0.2) is 5.76 Å². The zero-order chi connectivity index (χ0) is 17.3. The molecule has 0 aliphatic carbocycles. The molecule has 7 heteroatoms. The number of carbonyl (C=O) groups excluding carboxylic acids is 1. The third-order valence-corrected chi connectivity index (χ3v) is 4.28. The van der Waals surface area contributed by atoms with Crippen LogP contribution in [-0.4, -0.2) is 23.3 Å². The van der Waals surface area contributed by atoms with Crippen LogP contribution in [0.3, 0.4) is 0 Å². The molecule has 1 N–H and O–H groups in total. The average molecular weight is 406 g/mol. The Morgan fingerprint density at radius 2 is 2.08 bits per heavy atom. The SMILES string of the molecule is COc1cccc(N2C(=O)/C(=C/c3ccc(O)c(Br)c3)OC2=S)c1. The number of phenols is 1. The zero-order valence-electron chi connectivity index (χ0n) is 12.5. The van der Waals surface area contributed by atoms with Crippen molar-refractivity contribution in [3.8, 4) is 11.5 Å². The first-order valence-corrected chi connectivity index (χ1v) is 8.10. The number of hydrogen-bond acceptors (Lipinski definition) is 5. The fourth-order valence-electron chi connectivity index (χ4n) is 2.20. The molecule has 1 aliphatic heterocycles. The molecule has 2 aromatic rings. The summed E-state index contributed by atoms with van der Waals surface area (Å²) in [6.07, 6.45) is 1.57. The third-order valence-electron chi connectivity index (χ3n) is 3.37. The van der Waals surface area contributed by atoms with E-state index in [-0.39, 0.29) is 22.6 Å². The fraction of sp³-hybridized carbons (Fsp3) is 0.0588. The Morgan fingerprint density at radius 1 is 1.29 bits per heavy atom. The minimum Gasteiger partial charge on any atom is -0.507 e. The van der Waals surface area contributed by atoms with Gasteiger partial charge in [-0.2, -0.15) is 0 Å². The van der Waals surface area contributed by atoms with Gasteiger partial charge in [0, 0.05) is 6.07 Å². The summed E-state index contributed by atoms with van der Waals surface area (Å²) in [6, 6.07) is 11.9. The lowest BCUT2D eigenvalue weighted by Crippen LogP contribution is -2.28. The van der Waals surface area contributed by atoms with Crippen molar-refractivity contribution >= 4 is 51.0 Å². The van der Waals surface area contributed by atoms with Crippen LogP contribution in [0.5, 0.6) is 11.5 Å². The number of aromatic hydroxyl groups is 1. The lowest BCUT2D eigenvalue weighted by Gasteiger charge is -2.13. The van der Waals surface area contributed by atoms with Crippen molar-refractivity contribution in [1.82, 2.24) is 0 Å². The number of methoxy groups -OCH3 is 1. The number of thiocarbonyl (C=S) groups is 1. The number of rotatable bonds is 3. The van der Waals surface area contributed by atoms with Crippen LogP contribution in [0.4, 0.5) is 5.69 Å². The minimum absolute atomic E-state index is 0.0531. The molecule has 0 radical (unpaired) electrons. The number of benzene rings is 2. The van der Waals surface area contributed by atoms with Gasteiger partial charge in [0.1, 0.15) is 11.5 Å². The number of hydrogen-bond donors (Lipinski definition) is 1. The molecule has 24 heavy (non-hydrogen) atoms. The summed E-state index contributed by atoms with van der Waals surface area (Å²) in [6.45, 7) is 0. The molecule has 0 bridgehead atoms. The Labute approximate surface area is 152 Å². The standard InChI is InChI=1S/C17H12BrNO4S/c1-22-12-4-2-3-11(9-12)19-16(21)15(23-17(19)24)8-10-5-6-14(20)13(18)7-10/h2-9,20H,1H3/b15-8-. The monoisotopic (exact) mass is 405 g/mol. The molecule has 0 atom stereocenters. The molecule has 0 unspecified atom stereocenters. The maximum absolute atomic E-state index is 12.6. The molecule has 1 fully saturated rings. The van der Waals surface area contributed by atoms with Crippen LogP contribution in [0.15, 0.2) is 52.7 Å². The van der Waals surface area contributed by atoms with E-state index >= 15 is 0 Å². The van der Waals surface area contributed by atoms with Gasteiger partial charge in [-0.25, -0.2) is 4.90 Å². The van der Waals surface area contributed by atoms with Crippen LogP contribution in [0, 0.1) is 0 Å². The van der Waals surface area contributed by atoms with Gasteiger partial charge < -0.3 is 14.6 Å². The Kier molecular flexibility index (Phi) is 4.55. The summed E-state index contributed by atoms with van der Waals surface area (Å²) in [5.74, 6) is 0.477. The smallest absolute Gasteiger partial charge is 0.301 e. The quantitative estimate of drug-likeness (QED) is 0.620. The van der Waals surface area contributed by atoms with Gasteiger partial charge in [-0.15, -0.1) is 0 Å². The molecule has 1 heterocycles. The molecule has 0 spiro atoms. The number of halogens is 1. The van der Waals surface area contributed by atoms with E-state index in [1.54, 1.807) is 49.6 Å². The zero-order valence-corrected chi connectivity index (χ0v) is 14.9. The first kappa shape index (κ1) is 16.5. The molecular formula is C17H12BrNO4S. The Morgan fingerprint density at radius 3 is 2.79 bits per heavy atom. The van der Waals surface area contributed by atoms with Crippen molar-refractivity contribution in [2.24, 2.45) is 0 Å². The van der Waals surface area contributed by atoms with Gasteiger partial charge in [-0.1, -0.05) is 12.1 Å². The van der Waals surface area contributed by atoms with Gasteiger partial charge in [0.05, 0.1) is 17.3 Å². The Bertz CT molecular complexity index is 865.